The molecule has 0 bridgehead atoms. The Bertz CT molecular complexity index is 662. The SMILES string of the molecule is CC(C)[C@H]1OS(=O)O[C@@]1(Cn1cncn1)c1ccc(Cl)cc1. The number of benzene rings is 1. The first-order valence-electron chi connectivity index (χ1n) is 6.88. The van der Waals surface area contributed by atoms with Crippen LogP contribution in [0.5, 0.6) is 0 Å². The third kappa shape index (κ3) is 2.81. The van der Waals surface area contributed by atoms with Gasteiger partial charge in [-0.05, 0) is 23.6 Å². The molecule has 1 aliphatic heterocycles. The molecule has 0 spiro atoms. The van der Waals surface area contributed by atoms with Crippen LogP contribution in [0.2, 0.25) is 5.02 Å². The van der Waals surface area contributed by atoms with Gasteiger partial charge in [0, 0.05) is 5.02 Å². The molecule has 0 aliphatic carbocycles. The van der Waals surface area contributed by atoms with Crippen LogP contribution in [-0.2, 0) is 31.9 Å². The average Bonchev–Trinajstić information content (AvgIpc) is 3.08. The fourth-order valence-electron chi connectivity index (χ4n) is 2.71. The number of hydrogen-bond donors (Lipinski definition) is 0. The van der Waals surface area contributed by atoms with Gasteiger partial charge in [0.25, 0.3) is 0 Å². The molecule has 8 heteroatoms. The lowest BCUT2D eigenvalue weighted by atomic mass is 9.82. The maximum Gasteiger partial charge on any atom is 0.306 e. The second-order valence-corrected chi connectivity index (χ2v) is 6.74. The molecule has 1 fully saturated rings. The Hall–Kier alpha value is -1.28. The minimum absolute atomic E-state index is 0.102. The summed E-state index contributed by atoms with van der Waals surface area (Å²) in [7, 11) is 0. The monoisotopic (exact) mass is 341 g/mol. The molecule has 1 aromatic heterocycles. The van der Waals surface area contributed by atoms with Crippen molar-refractivity contribution >= 4 is 23.0 Å². The van der Waals surface area contributed by atoms with E-state index in [4.69, 9.17) is 20.0 Å². The molecule has 0 N–H and O–H groups in total. The Morgan fingerprint density at radius 2 is 2.14 bits per heavy atom. The summed E-state index contributed by atoms with van der Waals surface area (Å²) in [5.41, 5.74) is -0.0610. The molecule has 1 unspecified atom stereocenters. The highest BCUT2D eigenvalue weighted by molar-refractivity contribution is 7.75. The zero-order chi connectivity index (χ0) is 15.7. The molecule has 2 heterocycles. The number of aromatic nitrogens is 3. The normalized spacial score (nSPS) is 28.4. The molecule has 3 atom stereocenters. The predicted molar refractivity (Wildman–Crippen MR) is 82.1 cm³/mol. The third-order valence-electron chi connectivity index (χ3n) is 3.66. The lowest BCUT2D eigenvalue weighted by Gasteiger charge is -2.33. The van der Waals surface area contributed by atoms with Crippen LogP contribution in [0.3, 0.4) is 0 Å². The van der Waals surface area contributed by atoms with E-state index >= 15 is 0 Å². The smallest absolute Gasteiger partial charge is 0.261 e. The van der Waals surface area contributed by atoms with Gasteiger partial charge in [-0.15, -0.1) is 0 Å². The highest BCUT2D eigenvalue weighted by Gasteiger charge is 2.53. The lowest BCUT2D eigenvalue weighted by Crippen LogP contribution is -2.44. The van der Waals surface area contributed by atoms with Gasteiger partial charge in [0.15, 0.2) is 5.60 Å². The summed E-state index contributed by atoms with van der Waals surface area (Å²) >= 11 is 4.17. The molecule has 3 rings (SSSR count). The van der Waals surface area contributed by atoms with Crippen LogP contribution >= 0.6 is 11.6 Å². The molecule has 0 saturated carbocycles. The van der Waals surface area contributed by atoms with Crippen molar-refractivity contribution in [3.05, 3.63) is 47.5 Å². The van der Waals surface area contributed by atoms with Crippen molar-refractivity contribution in [2.24, 2.45) is 5.92 Å². The van der Waals surface area contributed by atoms with Gasteiger partial charge < -0.3 is 0 Å². The van der Waals surface area contributed by atoms with Crippen LogP contribution in [0, 0.1) is 5.92 Å². The summed E-state index contributed by atoms with van der Waals surface area (Å²) in [5, 5.41) is 4.76. The van der Waals surface area contributed by atoms with E-state index in [1.165, 1.54) is 6.33 Å². The molecule has 22 heavy (non-hydrogen) atoms. The van der Waals surface area contributed by atoms with Gasteiger partial charge in [0.05, 0.1) is 6.54 Å². The van der Waals surface area contributed by atoms with Gasteiger partial charge in [0.2, 0.25) is 0 Å². The molecule has 1 saturated heterocycles. The molecule has 0 amide bonds. The maximum atomic E-state index is 11.9. The molecule has 118 valence electrons. The van der Waals surface area contributed by atoms with Gasteiger partial charge in [0.1, 0.15) is 18.8 Å². The zero-order valence-electron chi connectivity index (χ0n) is 12.2. The first kappa shape index (κ1) is 15.6. The molecular weight excluding hydrogens is 326 g/mol. The lowest BCUT2D eigenvalue weighted by molar-refractivity contribution is -0.00942. The second kappa shape index (κ2) is 6.08. The van der Waals surface area contributed by atoms with E-state index < -0.39 is 17.0 Å². The second-order valence-electron chi connectivity index (χ2n) is 5.54. The zero-order valence-corrected chi connectivity index (χ0v) is 13.8. The van der Waals surface area contributed by atoms with Gasteiger partial charge in [-0.25, -0.2) is 9.67 Å². The van der Waals surface area contributed by atoms with Crippen molar-refractivity contribution in [2.45, 2.75) is 32.1 Å². The molecule has 1 aliphatic rings. The summed E-state index contributed by atoms with van der Waals surface area (Å²) in [4.78, 5) is 3.95. The van der Waals surface area contributed by atoms with Crippen LogP contribution in [-0.4, -0.2) is 25.1 Å². The van der Waals surface area contributed by atoms with Crippen LogP contribution in [0.15, 0.2) is 36.9 Å². The van der Waals surface area contributed by atoms with E-state index in [0.29, 0.717) is 11.6 Å². The Kier molecular flexibility index (Phi) is 4.31. The largest absolute Gasteiger partial charge is 0.306 e. The van der Waals surface area contributed by atoms with Crippen LogP contribution in [0.1, 0.15) is 19.4 Å². The highest BCUT2D eigenvalue weighted by atomic mass is 35.5. The quantitative estimate of drug-likeness (QED) is 0.854. The maximum absolute atomic E-state index is 11.9. The van der Waals surface area contributed by atoms with Crippen molar-refractivity contribution in [3.8, 4) is 0 Å². The minimum atomic E-state index is -1.80. The minimum Gasteiger partial charge on any atom is -0.261 e. The van der Waals surface area contributed by atoms with Crippen molar-refractivity contribution < 1.29 is 12.6 Å². The van der Waals surface area contributed by atoms with Crippen LogP contribution < -0.4 is 0 Å². The van der Waals surface area contributed by atoms with Crippen molar-refractivity contribution in [3.63, 3.8) is 0 Å². The average molecular weight is 342 g/mol. The first-order valence-corrected chi connectivity index (χ1v) is 8.26. The van der Waals surface area contributed by atoms with Crippen LogP contribution in [0.25, 0.3) is 0 Å². The Morgan fingerprint density at radius 1 is 1.41 bits per heavy atom. The summed E-state index contributed by atoms with van der Waals surface area (Å²) in [5.74, 6) is 0.102. The van der Waals surface area contributed by atoms with E-state index in [1.54, 1.807) is 23.1 Å². The Balaban J connectivity index is 2.08. The number of halogens is 1. The molecule has 6 nitrogen and oxygen atoms in total. The molecule has 0 radical (unpaired) electrons. The van der Waals surface area contributed by atoms with Crippen molar-refractivity contribution in [1.82, 2.24) is 14.8 Å². The van der Waals surface area contributed by atoms with Crippen molar-refractivity contribution in [2.75, 3.05) is 0 Å². The van der Waals surface area contributed by atoms with Gasteiger partial charge >= 0.3 is 11.4 Å². The predicted octanol–water partition coefficient (Wildman–Crippen LogP) is 2.48. The van der Waals surface area contributed by atoms with E-state index in [-0.39, 0.29) is 12.0 Å². The topological polar surface area (TPSA) is 66.2 Å². The van der Waals surface area contributed by atoms with E-state index in [9.17, 15) is 4.21 Å². The third-order valence-corrected chi connectivity index (χ3v) is 4.71. The van der Waals surface area contributed by atoms with Gasteiger partial charge in [-0.1, -0.05) is 37.6 Å². The van der Waals surface area contributed by atoms with E-state index in [2.05, 4.69) is 10.1 Å². The standard InChI is InChI=1S/C14H16ClN3O3S/c1-10(2)13-14(21-22(19)20-13,7-18-9-16-8-17-18)11-3-5-12(15)6-4-11/h3-6,8-10,13H,7H2,1-2H3/t13-,14+,22?/m1/s1. The summed E-state index contributed by atoms with van der Waals surface area (Å²) < 4.78 is 24.9. The number of rotatable bonds is 4. The summed E-state index contributed by atoms with van der Waals surface area (Å²) in [6.45, 7) is 4.36. The molecule has 2 aromatic rings. The van der Waals surface area contributed by atoms with Crippen LogP contribution in [0.4, 0.5) is 0 Å². The fraction of sp³-hybridized carbons (Fsp3) is 0.429. The first-order chi connectivity index (χ1) is 10.5. The van der Waals surface area contributed by atoms with Gasteiger partial charge in [-0.3, -0.25) is 8.37 Å². The number of nitrogens with zero attached hydrogens (tertiary/aromatic N) is 3. The molecule has 1 aromatic carbocycles. The summed E-state index contributed by atoms with van der Waals surface area (Å²) in [6, 6.07) is 7.28. The van der Waals surface area contributed by atoms with E-state index in [1.807, 2.05) is 26.0 Å². The van der Waals surface area contributed by atoms with E-state index in [0.717, 1.165) is 5.56 Å². The Labute approximate surface area is 136 Å². The number of hydrogen-bond acceptors (Lipinski definition) is 5. The molecular formula is C14H16ClN3O3S. The Morgan fingerprint density at radius 3 is 2.73 bits per heavy atom. The highest BCUT2D eigenvalue weighted by Crippen LogP contribution is 2.43. The van der Waals surface area contributed by atoms with Gasteiger partial charge in [-0.2, -0.15) is 9.31 Å². The van der Waals surface area contributed by atoms with Crippen molar-refractivity contribution in [1.29, 1.82) is 0 Å². The summed E-state index contributed by atoms with van der Waals surface area (Å²) in [6.07, 6.45) is 2.67. The fourth-order valence-corrected chi connectivity index (χ4v) is 3.91.